The van der Waals surface area contributed by atoms with Crippen LogP contribution >= 0.6 is 0 Å². The normalized spacial score (nSPS) is 26.9. The Hall–Kier alpha value is -1.35. The van der Waals surface area contributed by atoms with Gasteiger partial charge in [-0.05, 0) is 38.8 Å². The lowest BCUT2D eigenvalue weighted by atomic mass is 9.96. The lowest BCUT2D eigenvalue weighted by Gasteiger charge is -2.36. The van der Waals surface area contributed by atoms with Crippen LogP contribution in [0.5, 0.6) is 0 Å². The second-order valence-corrected chi connectivity index (χ2v) is 4.96. The van der Waals surface area contributed by atoms with E-state index in [9.17, 15) is 9.90 Å². The van der Waals surface area contributed by atoms with Crippen LogP contribution in [0.25, 0.3) is 0 Å². The fraction of sp³-hybridized carbons (Fsp3) is 0.500. The molecule has 1 N–H and O–H groups in total. The van der Waals surface area contributed by atoms with Gasteiger partial charge in [0, 0.05) is 6.04 Å². The van der Waals surface area contributed by atoms with Crippen molar-refractivity contribution in [3.05, 3.63) is 35.9 Å². The fourth-order valence-electron chi connectivity index (χ4n) is 2.75. The summed E-state index contributed by atoms with van der Waals surface area (Å²) in [7, 11) is 0. The highest BCUT2D eigenvalue weighted by atomic mass is 16.4. The second-order valence-electron chi connectivity index (χ2n) is 4.96. The van der Waals surface area contributed by atoms with Gasteiger partial charge in [0.1, 0.15) is 5.54 Å². The summed E-state index contributed by atoms with van der Waals surface area (Å²) in [6, 6.07) is 10.3. The molecule has 0 amide bonds. The van der Waals surface area contributed by atoms with Gasteiger partial charge in [0.05, 0.1) is 0 Å². The van der Waals surface area contributed by atoms with Crippen LogP contribution in [0.3, 0.4) is 0 Å². The van der Waals surface area contributed by atoms with E-state index in [-0.39, 0.29) is 6.04 Å². The van der Waals surface area contributed by atoms with Crippen LogP contribution in [-0.4, -0.2) is 28.1 Å². The minimum atomic E-state index is -0.713. The number of likely N-dealkylation sites (tertiary alicyclic amines) is 1. The summed E-state index contributed by atoms with van der Waals surface area (Å²) in [5.74, 6) is -0.710. The fourth-order valence-corrected chi connectivity index (χ4v) is 2.75. The second kappa shape index (κ2) is 4.49. The summed E-state index contributed by atoms with van der Waals surface area (Å²) in [5, 5.41) is 9.40. The van der Waals surface area contributed by atoms with Gasteiger partial charge in [-0.25, -0.2) is 0 Å². The molecule has 0 radical (unpaired) electrons. The number of aliphatic carboxylic acids is 1. The summed E-state index contributed by atoms with van der Waals surface area (Å²) in [6.07, 6.45) is 1.69. The highest BCUT2D eigenvalue weighted by Crippen LogP contribution is 2.36. The smallest absolute Gasteiger partial charge is 0.323 e. The van der Waals surface area contributed by atoms with E-state index < -0.39 is 11.5 Å². The molecule has 92 valence electrons. The first-order chi connectivity index (χ1) is 8.05. The molecule has 1 fully saturated rings. The van der Waals surface area contributed by atoms with Crippen molar-refractivity contribution in [3.63, 3.8) is 0 Å². The van der Waals surface area contributed by atoms with Crippen LogP contribution in [0.1, 0.15) is 38.3 Å². The number of carboxylic acid groups (broad SMARTS) is 1. The molecule has 3 nitrogen and oxygen atoms in total. The number of nitrogens with zero attached hydrogens (tertiary/aromatic N) is 1. The Bertz CT molecular complexity index is 404. The van der Waals surface area contributed by atoms with E-state index >= 15 is 0 Å². The molecule has 17 heavy (non-hydrogen) atoms. The molecule has 1 aliphatic rings. The Labute approximate surface area is 102 Å². The molecule has 1 aromatic rings. The predicted molar refractivity (Wildman–Crippen MR) is 66.8 cm³/mol. The van der Waals surface area contributed by atoms with Gasteiger partial charge in [-0.2, -0.15) is 0 Å². The average Bonchev–Trinajstić information content (AvgIpc) is 2.73. The SMILES string of the molecule is CC(c1ccccc1)N1CCCC1(C)C(=O)O. The molecule has 0 saturated carbocycles. The van der Waals surface area contributed by atoms with Gasteiger partial charge < -0.3 is 5.11 Å². The standard InChI is InChI=1S/C14H19NO2/c1-11(12-7-4-3-5-8-12)15-10-6-9-14(15,2)13(16)17/h3-5,7-8,11H,6,9-10H2,1-2H3,(H,16,17). The predicted octanol–water partition coefficient (Wildman–Crippen LogP) is 2.69. The summed E-state index contributed by atoms with van der Waals surface area (Å²) < 4.78 is 0. The van der Waals surface area contributed by atoms with Gasteiger partial charge in [0.15, 0.2) is 0 Å². The Morgan fingerprint density at radius 3 is 2.65 bits per heavy atom. The highest BCUT2D eigenvalue weighted by molar-refractivity contribution is 5.78. The van der Waals surface area contributed by atoms with E-state index in [1.165, 1.54) is 5.56 Å². The lowest BCUT2D eigenvalue weighted by molar-refractivity contribution is -0.149. The van der Waals surface area contributed by atoms with Crippen molar-refractivity contribution in [3.8, 4) is 0 Å². The number of rotatable bonds is 3. The van der Waals surface area contributed by atoms with Crippen molar-refractivity contribution in [2.24, 2.45) is 0 Å². The van der Waals surface area contributed by atoms with Crippen LogP contribution in [0, 0.1) is 0 Å². The average molecular weight is 233 g/mol. The molecule has 1 aromatic carbocycles. The molecular weight excluding hydrogens is 214 g/mol. The largest absolute Gasteiger partial charge is 0.480 e. The van der Waals surface area contributed by atoms with Crippen LogP contribution in [0.2, 0.25) is 0 Å². The molecule has 2 rings (SSSR count). The molecule has 3 heteroatoms. The van der Waals surface area contributed by atoms with Gasteiger partial charge in [0.25, 0.3) is 0 Å². The van der Waals surface area contributed by atoms with E-state index in [0.29, 0.717) is 0 Å². The maximum atomic E-state index is 11.4. The zero-order valence-corrected chi connectivity index (χ0v) is 10.4. The number of carbonyl (C=O) groups is 1. The van der Waals surface area contributed by atoms with Crippen molar-refractivity contribution in [2.45, 2.75) is 38.3 Å². The minimum Gasteiger partial charge on any atom is -0.480 e. The molecule has 1 saturated heterocycles. The van der Waals surface area contributed by atoms with Crippen molar-refractivity contribution < 1.29 is 9.90 Å². The zero-order valence-electron chi connectivity index (χ0n) is 10.4. The molecule has 1 heterocycles. The first-order valence-corrected chi connectivity index (χ1v) is 6.11. The van der Waals surface area contributed by atoms with Crippen molar-refractivity contribution >= 4 is 5.97 Å². The molecule has 2 atom stereocenters. The number of carboxylic acids is 1. The summed E-state index contributed by atoms with van der Waals surface area (Å²) in [5.41, 5.74) is 0.469. The third kappa shape index (κ3) is 2.07. The summed E-state index contributed by atoms with van der Waals surface area (Å²) in [4.78, 5) is 13.5. The van der Waals surface area contributed by atoms with Gasteiger partial charge >= 0.3 is 5.97 Å². The molecule has 0 aliphatic carbocycles. The van der Waals surface area contributed by atoms with Gasteiger partial charge in [0.2, 0.25) is 0 Å². The number of benzene rings is 1. The van der Waals surface area contributed by atoms with Gasteiger partial charge in [-0.1, -0.05) is 30.3 Å². The Morgan fingerprint density at radius 1 is 1.41 bits per heavy atom. The van der Waals surface area contributed by atoms with E-state index in [0.717, 1.165) is 19.4 Å². The third-order valence-electron chi connectivity index (χ3n) is 3.91. The number of hydrogen-bond donors (Lipinski definition) is 1. The van der Waals surface area contributed by atoms with Gasteiger partial charge in [-0.15, -0.1) is 0 Å². The van der Waals surface area contributed by atoms with Crippen molar-refractivity contribution in [1.29, 1.82) is 0 Å². The van der Waals surface area contributed by atoms with Crippen molar-refractivity contribution in [2.75, 3.05) is 6.54 Å². The van der Waals surface area contributed by atoms with Crippen molar-refractivity contribution in [1.82, 2.24) is 4.90 Å². The van der Waals surface area contributed by atoms with E-state index in [2.05, 4.69) is 24.0 Å². The van der Waals surface area contributed by atoms with Crippen LogP contribution in [0.4, 0.5) is 0 Å². The van der Waals surface area contributed by atoms with Crippen LogP contribution < -0.4 is 0 Å². The Kier molecular flexibility index (Phi) is 3.20. The molecule has 0 bridgehead atoms. The monoisotopic (exact) mass is 233 g/mol. The van der Waals surface area contributed by atoms with Crippen LogP contribution in [-0.2, 0) is 4.79 Å². The molecule has 0 aromatic heterocycles. The lowest BCUT2D eigenvalue weighted by Crippen LogP contribution is -2.48. The molecular formula is C14H19NO2. The van der Waals surface area contributed by atoms with Gasteiger partial charge in [-0.3, -0.25) is 9.69 Å². The van der Waals surface area contributed by atoms with Crippen LogP contribution in [0.15, 0.2) is 30.3 Å². The summed E-state index contributed by atoms with van der Waals surface area (Å²) in [6.45, 7) is 4.78. The quantitative estimate of drug-likeness (QED) is 0.872. The minimum absolute atomic E-state index is 0.153. The highest BCUT2D eigenvalue weighted by Gasteiger charge is 2.45. The van der Waals surface area contributed by atoms with E-state index in [1.807, 2.05) is 25.1 Å². The molecule has 2 unspecified atom stereocenters. The first kappa shape index (κ1) is 12.1. The maximum absolute atomic E-state index is 11.4. The first-order valence-electron chi connectivity index (χ1n) is 6.11. The maximum Gasteiger partial charge on any atom is 0.323 e. The van der Waals surface area contributed by atoms with E-state index in [4.69, 9.17) is 0 Å². The Morgan fingerprint density at radius 2 is 2.06 bits per heavy atom. The zero-order chi connectivity index (χ0) is 12.5. The summed E-state index contributed by atoms with van der Waals surface area (Å²) >= 11 is 0. The number of hydrogen-bond acceptors (Lipinski definition) is 2. The van der Waals surface area contributed by atoms with E-state index in [1.54, 1.807) is 0 Å². The topological polar surface area (TPSA) is 40.5 Å². The molecule has 0 spiro atoms. The molecule has 1 aliphatic heterocycles. The third-order valence-corrected chi connectivity index (χ3v) is 3.91. The Balaban J connectivity index is 2.25.